The molecule has 2 aliphatic carbocycles. The molecule has 0 radical (unpaired) electrons. The third-order valence-electron chi connectivity index (χ3n) is 5.68. The summed E-state index contributed by atoms with van der Waals surface area (Å²) in [6.45, 7) is 4.25. The number of rotatable bonds is 6. The lowest BCUT2D eigenvalue weighted by atomic mass is 9.71. The van der Waals surface area contributed by atoms with Crippen molar-refractivity contribution in [1.82, 2.24) is 0 Å². The van der Waals surface area contributed by atoms with E-state index >= 15 is 0 Å². The van der Waals surface area contributed by atoms with Gasteiger partial charge in [0.05, 0.1) is 17.7 Å². The molecule has 0 aliphatic heterocycles. The Kier molecular flexibility index (Phi) is 6.38. The maximum atomic E-state index is 10.5. The van der Waals surface area contributed by atoms with Crippen molar-refractivity contribution in [3.63, 3.8) is 0 Å². The van der Waals surface area contributed by atoms with Crippen LogP contribution >= 0.6 is 0 Å². The van der Waals surface area contributed by atoms with Gasteiger partial charge in [-0.3, -0.25) is 4.79 Å². The van der Waals surface area contributed by atoms with Gasteiger partial charge in [0.1, 0.15) is 12.7 Å². The molecule has 1 aromatic carbocycles. The summed E-state index contributed by atoms with van der Waals surface area (Å²) >= 11 is 0. The average Bonchev–Trinajstić information content (AvgIpc) is 2.86. The third kappa shape index (κ3) is 4.54. The SMILES string of the molecule is Cc1ccc(C(O)C#CC2C(O)CC3C(=NOCCCC(=O)O)CC32)c(C)c1. The van der Waals surface area contributed by atoms with Gasteiger partial charge in [-0.2, -0.15) is 0 Å². The van der Waals surface area contributed by atoms with Crippen LogP contribution in [0.2, 0.25) is 0 Å². The van der Waals surface area contributed by atoms with Crippen LogP contribution in [0.5, 0.6) is 0 Å². The van der Waals surface area contributed by atoms with Crippen molar-refractivity contribution in [2.24, 2.45) is 22.9 Å². The number of carboxylic acid groups (broad SMARTS) is 1. The minimum Gasteiger partial charge on any atom is -0.481 e. The Balaban J connectivity index is 1.56. The molecule has 0 bridgehead atoms. The number of hydrogen-bond donors (Lipinski definition) is 3. The average molecular weight is 385 g/mol. The van der Waals surface area contributed by atoms with Crippen LogP contribution in [0.25, 0.3) is 0 Å². The minimum atomic E-state index is -0.863. The van der Waals surface area contributed by atoms with Crippen LogP contribution in [0.3, 0.4) is 0 Å². The standard InChI is InChI=1S/C22H27NO5/c1-13-5-6-15(14(2)10-13)20(24)8-7-16-17-11-19(18(17)12-21(16)25)23-28-9-3-4-22(26)27/h5-6,10,16-18,20-21,24-25H,3-4,9,11-12H2,1-2H3,(H,26,27). The Morgan fingerprint density at radius 2 is 2.18 bits per heavy atom. The van der Waals surface area contributed by atoms with Crippen molar-refractivity contribution >= 4 is 11.7 Å². The fourth-order valence-electron chi connectivity index (χ4n) is 4.11. The molecule has 3 rings (SSSR count). The Hall–Kier alpha value is -2.36. The number of benzene rings is 1. The van der Waals surface area contributed by atoms with Crippen molar-refractivity contribution in [1.29, 1.82) is 0 Å². The number of oxime groups is 1. The number of carbonyl (C=O) groups is 1. The van der Waals surface area contributed by atoms with E-state index in [1.807, 2.05) is 32.0 Å². The number of aliphatic hydroxyl groups excluding tert-OH is 2. The van der Waals surface area contributed by atoms with E-state index < -0.39 is 18.2 Å². The van der Waals surface area contributed by atoms with Gasteiger partial charge < -0.3 is 20.2 Å². The number of aliphatic carboxylic acids is 1. The number of hydrogen-bond acceptors (Lipinski definition) is 5. The monoisotopic (exact) mass is 385 g/mol. The number of carboxylic acids is 1. The lowest BCUT2D eigenvalue weighted by molar-refractivity contribution is -0.137. The fourth-order valence-corrected chi connectivity index (χ4v) is 4.11. The van der Waals surface area contributed by atoms with Gasteiger partial charge in [0.2, 0.25) is 0 Å². The topological polar surface area (TPSA) is 99.4 Å². The summed E-state index contributed by atoms with van der Waals surface area (Å²) in [4.78, 5) is 15.7. The maximum Gasteiger partial charge on any atom is 0.303 e. The molecular formula is C22H27NO5. The first-order valence-electron chi connectivity index (χ1n) is 9.71. The van der Waals surface area contributed by atoms with Gasteiger partial charge in [0.15, 0.2) is 0 Å². The van der Waals surface area contributed by atoms with Gasteiger partial charge in [-0.15, -0.1) is 0 Å². The highest BCUT2D eigenvalue weighted by Crippen LogP contribution is 2.48. The van der Waals surface area contributed by atoms with E-state index in [1.54, 1.807) is 0 Å². The van der Waals surface area contributed by atoms with Crippen molar-refractivity contribution in [3.05, 3.63) is 34.9 Å². The highest BCUT2D eigenvalue weighted by molar-refractivity contribution is 5.93. The summed E-state index contributed by atoms with van der Waals surface area (Å²) in [5.41, 5.74) is 3.86. The molecule has 5 atom stereocenters. The molecule has 2 fully saturated rings. The zero-order valence-corrected chi connectivity index (χ0v) is 16.3. The molecule has 0 aromatic heterocycles. The molecule has 28 heavy (non-hydrogen) atoms. The number of fused-ring (bicyclic) bond motifs is 1. The molecule has 150 valence electrons. The van der Waals surface area contributed by atoms with Crippen molar-refractivity contribution in [2.75, 3.05) is 6.61 Å². The quantitative estimate of drug-likeness (QED) is 0.397. The molecule has 0 saturated heterocycles. The maximum absolute atomic E-state index is 10.5. The first-order chi connectivity index (χ1) is 13.4. The van der Waals surface area contributed by atoms with E-state index in [1.165, 1.54) is 0 Å². The van der Waals surface area contributed by atoms with Crippen LogP contribution in [0.1, 0.15) is 48.5 Å². The molecule has 3 N–H and O–H groups in total. The van der Waals surface area contributed by atoms with Crippen molar-refractivity contribution in [2.45, 2.75) is 51.7 Å². The van der Waals surface area contributed by atoms with Crippen LogP contribution < -0.4 is 0 Å². The molecule has 0 heterocycles. The van der Waals surface area contributed by atoms with E-state index in [0.717, 1.165) is 28.8 Å². The Labute approximate surface area is 165 Å². The van der Waals surface area contributed by atoms with Gasteiger partial charge in [-0.1, -0.05) is 40.8 Å². The summed E-state index contributed by atoms with van der Waals surface area (Å²) in [7, 11) is 0. The highest BCUT2D eigenvalue weighted by atomic mass is 16.6. The second-order valence-corrected chi connectivity index (χ2v) is 7.77. The second-order valence-electron chi connectivity index (χ2n) is 7.77. The Morgan fingerprint density at radius 3 is 2.89 bits per heavy atom. The van der Waals surface area contributed by atoms with E-state index in [0.29, 0.717) is 12.8 Å². The Morgan fingerprint density at radius 1 is 1.39 bits per heavy atom. The van der Waals surface area contributed by atoms with Crippen LogP contribution in [-0.2, 0) is 9.63 Å². The number of nitrogens with zero attached hydrogens (tertiary/aromatic N) is 1. The van der Waals surface area contributed by atoms with Crippen LogP contribution in [0.15, 0.2) is 23.4 Å². The number of aryl methyl sites for hydroxylation is 2. The van der Waals surface area contributed by atoms with Gasteiger partial charge in [-0.25, -0.2) is 0 Å². The zero-order valence-electron chi connectivity index (χ0n) is 16.3. The molecular weight excluding hydrogens is 358 g/mol. The molecule has 2 saturated carbocycles. The van der Waals surface area contributed by atoms with Gasteiger partial charge in [0.25, 0.3) is 0 Å². The van der Waals surface area contributed by atoms with Gasteiger partial charge >= 0.3 is 5.97 Å². The molecule has 6 nitrogen and oxygen atoms in total. The first kappa shape index (κ1) is 20.4. The van der Waals surface area contributed by atoms with E-state index in [9.17, 15) is 15.0 Å². The van der Waals surface area contributed by atoms with E-state index in [2.05, 4.69) is 17.0 Å². The Bertz CT molecular complexity index is 822. The van der Waals surface area contributed by atoms with Crippen molar-refractivity contribution < 1.29 is 25.0 Å². The van der Waals surface area contributed by atoms with Crippen LogP contribution in [0, 0.1) is 43.4 Å². The summed E-state index contributed by atoms with van der Waals surface area (Å²) in [5.74, 6) is 5.40. The summed E-state index contributed by atoms with van der Waals surface area (Å²) in [6.07, 6.45) is 0.412. The smallest absolute Gasteiger partial charge is 0.303 e. The lowest BCUT2D eigenvalue weighted by Gasteiger charge is -2.33. The fraction of sp³-hybridized carbons (Fsp3) is 0.545. The van der Waals surface area contributed by atoms with Gasteiger partial charge in [0, 0.05) is 12.3 Å². The summed E-state index contributed by atoms with van der Waals surface area (Å²) < 4.78 is 0. The van der Waals surface area contributed by atoms with E-state index in [4.69, 9.17) is 9.94 Å². The molecule has 0 spiro atoms. The van der Waals surface area contributed by atoms with Gasteiger partial charge in [-0.05, 0) is 50.2 Å². The molecule has 6 heteroatoms. The summed E-state index contributed by atoms with van der Waals surface area (Å²) in [6, 6.07) is 5.87. The third-order valence-corrected chi connectivity index (χ3v) is 5.68. The van der Waals surface area contributed by atoms with E-state index in [-0.39, 0.29) is 30.8 Å². The number of aliphatic hydroxyl groups is 2. The predicted molar refractivity (Wildman–Crippen MR) is 105 cm³/mol. The molecule has 5 unspecified atom stereocenters. The predicted octanol–water partition coefficient (Wildman–Crippen LogP) is 2.59. The lowest BCUT2D eigenvalue weighted by Crippen LogP contribution is -2.36. The van der Waals surface area contributed by atoms with Crippen LogP contribution in [0.4, 0.5) is 0 Å². The molecule has 0 amide bonds. The molecule has 2 aliphatic rings. The molecule has 1 aromatic rings. The van der Waals surface area contributed by atoms with Crippen LogP contribution in [-0.4, -0.2) is 39.7 Å². The minimum absolute atomic E-state index is 0.0655. The van der Waals surface area contributed by atoms with Crippen molar-refractivity contribution in [3.8, 4) is 11.8 Å². The summed E-state index contributed by atoms with van der Waals surface area (Å²) in [5, 5.41) is 33.5. The largest absolute Gasteiger partial charge is 0.481 e. The normalized spacial score (nSPS) is 28.1. The first-order valence-corrected chi connectivity index (χ1v) is 9.71. The second kappa shape index (κ2) is 8.76. The highest BCUT2D eigenvalue weighted by Gasteiger charge is 2.51. The zero-order chi connectivity index (χ0) is 20.3.